The van der Waals surface area contributed by atoms with Gasteiger partial charge in [0.1, 0.15) is 27.6 Å². The Hall–Kier alpha value is -3.16. The monoisotopic (exact) mass is 595 g/mol. The van der Waals surface area contributed by atoms with E-state index in [2.05, 4.69) is 22.8 Å². The molecule has 0 saturated carbocycles. The van der Waals surface area contributed by atoms with E-state index in [9.17, 15) is 19.2 Å². The summed E-state index contributed by atoms with van der Waals surface area (Å²) in [7, 11) is 0. The van der Waals surface area contributed by atoms with Crippen LogP contribution < -0.4 is 15.4 Å². The molecule has 1 aromatic carbocycles. The number of pyridine rings is 1. The second kappa shape index (κ2) is 14.1. The topological polar surface area (TPSA) is 72.6 Å². The molecule has 0 bridgehead atoms. The number of thioether (sulfide) groups is 1. The van der Waals surface area contributed by atoms with Gasteiger partial charge >= 0.3 is 0 Å². The number of rotatable bonds is 11. The Labute approximate surface area is 251 Å². The van der Waals surface area contributed by atoms with Crippen LogP contribution in [-0.2, 0) is 11.3 Å². The van der Waals surface area contributed by atoms with E-state index in [0.717, 1.165) is 43.6 Å². The molecule has 218 valence electrons. The summed E-state index contributed by atoms with van der Waals surface area (Å²) >= 11 is 6.87. The molecule has 0 N–H and O–H groups in total. The minimum atomic E-state index is -0.306. The number of thiocarbonyl (C=S) groups is 1. The van der Waals surface area contributed by atoms with E-state index in [4.69, 9.17) is 12.2 Å². The molecule has 2 fully saturated rings. The third-order valence-electron chi connectivity index (χ3n) is 7.70. The van der Waals surface area contributed by atoms with Crippen LogP contribution in [0.15, 0.2) is 34.0 Å². The van der Waals surface area contributed by atoms with E-state index in [-0.39, 0.29) is 22.8 Å². The minimum absolute atomic E-state index is 0.102. The number of anilines is 2. The standard InChI is InChI=1S/C31H38FN5O2S2/c1-4-6-7-8-9-15-37-30(39)27(41-31(37)40)20-25-22(3)26(21-33)29(38)36(14-5-2)28(25)35-18-16-34(17-19-35)24-12-10-23(32)11-13-24/h10-13,20H,4-9,14-19H2,1-3H3/b27-20-. The number of benzene rings is 1. The summed E-state index contributed by atoms with van der Waals surface area (Å²) in [6.07, 6.45) is 8.02. The van der Waals surface area contributed by atoms with Crippen molar-refractivity contribution in [3.8, 4) is 6.07 Å². The van der Waals surface area contributed by atoms with Crippen molar-refractivity contribution in [3.63, 3.8) is 0 Å². The average Bonchev–Trinajstić information content (AvgIpc) is 3.23. The number of halogens is 1. The predicted molar refractivity (Wildman–Crippen MR) is 170 cm³/mol. The number of hydrogen-bond donors (Lipinski definition) is 0. The molecule has 2 saturated heterocycles. The summed E-state index contributed by atoms with van der Waals surface area (Å²) < 4.78 is 15.7. The van der Waals surface area contributed by atoms with Crippen molar-refractivity contribution in [2.75, 3.05) is 42.5 Å². The van der Waals surface area contributed by atoms with Crippen molar-refractivity contribution >= 4 is 51.8 Å². The van der Waals surface area contributed by atoms with Crippen molar-refractivity contribution in [1.29, 1.82) is 5.26 Å². The molecule has 1 amide bonds. The van der Waals surface area contributed by atoms with Gasteiger partial charge in [0, 0.05) is 50.5 Å². The SMILES string of the molecule is CCCCCCCN1C(=O)/C(=C/c2c(C)c(C#N)c(=O)n(CCC)c2N2CCN(c3ccc(F)cc3)CC2)SC1=S. The van der Waals surface area contributed by atoms with E-state index in [1.54, 1.807) is 28.5 Å². The first kappa shape index (κ1) is 30.8. The second-order valence-corrected chi connectivity index (χ2v) is 12.2. The number of amides is 1. The summed E-state index contributed by atoms with van der Waals surface area (Å²) in [6.45, 7) is 9.65. The lowest BCUT2D eigenvalue weighted by Gasteiger charge is -2.39. The Bertz CT molecular complexity index is 1410. The summed E-state index contributed by atoms with van der Waals surface area (Å²) in [5, 5.41) is 9.92. The quantitative estimate of drug-likeness (QED) is 0.177. The van der Waals surface area contributed by atoms with Crippen molar-refractivity contribution in [1.82, 2.24) is 9.47 Å². The first-order valence-corrected chi connectivity index (χ1v) is 15.7. The maximum atomic E-state index is 13.5. The molecule has 0 unspecified atom stereocenters. The van der Waals surface area contributed by atoms with Crippen LogP contribution in [-0.4, -0.2) is 52.4 Å². The van der Waals surface area contributed by atoms with Crippen molar-refractivity contribution in [3.05, 3.63) is 62.0 Å². The number of aromatic nitrogens is 1. The highest BCUT2D eigenvalue weighted by Crippen LogP contribution is 2.36. The number of nitrogens with zero attached hydrogens (tertiary/aromatic N) is 5. The van der Waals surface area contributed by atoms with Crippen LogP contribution in [0.25, 0.3) is 6.08 Å². The summed E-state index contributed by atoms with van der Waals surface area (Å²) in [4.78, 5) is 33.5. The lowest BCUT2D eigenvalue weighted by atomic mass is 10.0. The van der Waals surface area contributed by atoms with Gasteiger partial charge in [0.2, 0.25) is 0 Å². The fraction of sp³-hybridized carbons (Fsp3) is 0.484. The zero-order valence-corrected chi connectivity index (χ0v) is 25.8. The molecule has 0 aliphatic carbocycles. The number of nitriles is 1. The van der Waals surface area contributed by atoms with Gasteiger partial charge in [-0.05, 0) is 55.7 Å². The number of hydrogen-bond acceptors (Lipinski definition) is 7. The van der Waals surface area contributed by atoms with Crippen LogP contribution >= 0.6 is 24.0 Å². The molecule has 41 heavy (non-hydrogen) atoms. The highest BCUT2D eigenvalue weighted by atomic mass is 32.2. The van der Waals surface area contributed by atoms with E-state index >= 15 is 0 Å². The molecular weight excluding hydrogens is 558 g/mol. The fourth-order valence-corrected chi connectivity index (χ4v) is 6.73. The summed E-state index contributed by atoms with van der Waals surface area (Å²) in [5.74, 6) is 0.348. The van der Waals surface area contributed by atoms with Gasteiger partial charge in [-0.3, -0.25) is 19.1 Å². The Morgan fingerprint density at radius 1 is 0.976 bits per heavy atom. The molecule has 0 radical (unpaired) electrons. The average molecular weight is 596 g/mol. The minimum Gasteiger partial charge on any atom is -0.368 e. The van der Waals surface area contributed by atoms with Crippen molar-refractivity contribution in [2.24, 2.45) is 0 Å². The van der Waals surface area contributed by atoms with E-state index in [0.29, 0.717) is 59.6 Å². The molecule has 2 aliphatic rings. The normalized spacial score (nSPS) is 16.7. The van der Waals surface area contributed by atoms with Crippen LogP contribution in [0, 0.1) is 24.1 Å². The largest absolute Gasteiger partial charge is 0.368 e. The Morgan fingerprint density at radius 2 is 1.63 bits per heavy atom. The molecule has 7 nitrogen and oxygen atoms in total. The van der Waals surface area contributed by atoms with Crippen LogP contribution in [0.2, 0.25) is 0 Å². The van der Waals surface area contributed by atoms with Gasteiger partial charge in [-0.25, -0.2) is 4.39 Å². The molecule has 2 aliphatic heterocycles. The van der Waals surface area contributed by atoms with Gasteiger partial charge in [-0.2, -0.15) is 5.26 Å². The van der Waals surface area contributed by atoms with Gasteiger partial charge in [-0.15, -0.1) is 0 Å². The number of carbonyl (C=O) groups is 1. The second-order valence-electron chi connectivity index (χ2n) is 10.5. The number of piperazine rings is 1. The zero-order chi connectivity index (χ0) is 29.5. The molecule has 1 aromatic heterocycles. The molecule has 0 spiro atoms. The first-order chi connectivity index (χ1) is 19.8. The molecule has 10 heteroatoms. The number of unbranched alkanes of at least 4 members (excludes halogenated alkanes) is 4. The highest BCUT2D eigenvalue weighted by molar-refractivity contribution is 8.26. The Balaban J connectivity index is 1.68. The van der Waals surface area contributed by atoms with Crippen LogP contribution in [0.4, 0.5) is 15.9 Å². The highest BCUT2D eigenvalue weighted by Gasteiger charge is 2.33. The summed E-state index contributed by atoms with van der Waals surface area (Å²) in [6, 6.07) is 8.60. The first-order valence-electron chi connectivity index (χ1n) is 14.5. The van der Waals surface area contributed by atoms with Gasteiger partial charge < -0.3 is 9.80 Å². The third-order valence-corrected chi connectivity index (χ3v) is 9.08. The lowest BCUT2D eigenvalue weighted by molar-refractivity contribution is -0.122. The Morgan fingerprint density at radius 3 is 2.27 bits per heavy atom. The van der Waals surface area contributed by atoms with Crippen LogP contribution in [0.1, 0.15) is 69.1 Å². The molecule has 0 atom stereocenters. The maximum Gasteiger partial charge on any atom is 0.270 e. The van der Waals surface area contributed by atoms with Crippen molar-refractivity contribution in [2.45, 2.75) is 65.8 Å². The van der Waals surface area contributed by atoms with Gasteiger partial charge in [-0.1, -0.05) is 63.5 Å². The summed E-state index contributed by atoms with van der Waals surface area (Å²) in [5.41, 5.74) is 2.04. The van der Waals surface area contributed by atoms with Crippen LogP contribution in [0.5, 0.6) is 0 Å². The molecule has 4 rings (SSSR count). The van der Waals surface area contributed by atoms with Crippen molar-refractivity contribution < 1.29 is 9.18 Å². The van der Waals surface area contributed by atoms with Crippen LogP contribution in [0.3, 0.4) is 0 Å². The van der Waals surface area contributed by atoms with E-state index in [1.165, 1.54) is 30.3 Å². The lowest BCUT2D eigenvalue weighted by Crippen LogP contribution is -2.48. The Kier molecular flexibility index (Phi) is 10.6. The van der Waals surface area contributed by atoms with Gasteiger partial charge in [0.05, 0.1) is 4.91 Å². The fourth-order valence-electron chi connectivity index (χ4n) is 5.44. The molecule has 2 aromatic rings. The third kappa shape index (κ3) is 6.84. The smallest absolute Gasteiger partial charge is 0.270 e. The van der Waals surface area contributed by atoms with E-state index < -0.39 is 0 Å². The van der Waals surface area contributed by atoms with Gasteiger partial charge in [0.25, 0.3) is 11.5 Å². The number of carbonyl (C=O) groups excluding carboxylic acids is 1. The molecular formula is C31H38FN5O2S2. The molecule has 3 heterocycles. The van der Waals surface area contributed by atoms with E-state index in [1.807, 2.05) is 13.0 Å². The zero-order valence-electron chi connectivity index (χ0n) is 24.1. The maximum absolute atomic E-state index is 13.5. The van der Waals surface area contributed by atoms with Gasteiger partial charge in [0.15, 0.2) is 0 Å². The predicted octanol–water partition coefficient (Wildman–Crippen LogP) is 6.08.